The lowest BCUT2D eigenvalue weighted by Gasteiger charge is -2.18. The van der Waals surface area contributed by atoms with Crippen LogP contribution in [0.2, 0.25) is 0 Å². The Hall–Kier alpha value is -1.59. The van der Waals surface area contributed by atoms with Crippen LogP contribution in [0.1, 0.15) is 32.4 Å². The number of nitrogens with one attached hydrogen (secondary N) is 2. The van der Waals surface area contributed by atoms with Gasteiger partial charge < -0.3 is 20.3 Å². The van der Waals surface area contributed by atoms with Gasteiger partial charge in [0.15, 0.2) is 0 Å². The molecule has 0 heterocycles. The maximum Gasteiger partial charge on any atom is 0.321 e. The number of anilines is 1. The van der Waals surface area contributed by atoms with Crippen LogP contribution < -0.4 is 10.6 Å². The van der Waals surface area contributed by atoms with E-state index in [0.717, 1.165) is 12.2 Å². The number of rotatable bonds is 8. The highest BCUT2D eigenvalue weighted by Gasteiger charge is 2.09. The van der Waals surface area contributed by atoms with E-state index in [0.29, 0.717) is 25.8 Å². The molecule has 1 aromatic rings. The molecular weight excluding hydrogens is 266 g/mol. The molecular formula is C16H27N3O2. The largest absolute Gasteiger partial charge is 0.380 e. The minimum atomic E-state index is -0.123. The molecule has 0 fully saturated rings. The fraction of sp³-hybridized carbons (Fsp3) is 0.562. The van der Waals surface area contributed by atoms with Crippen molar-refractivity contribution in [3.05, 3.63) is 29.8 Å². The normalized spacial score (nSPS) is 12.0. The SMILES string of the molecule is CCNC(C)c1ccc(NC(=O)N(C)CCOCC)cc1. The number of hydrogen-bond donors (Lipinski definition) is 2. The Kier molecular flexibility index (Phi) is 7.79. The summed E-state index contributed by atoms with van der Waals surface area (Å²) in [4.78, 5) is 13.6. The third-order valence-corrected chi connectivity index (χ3v) is 3.29. The van der Waals surface area contributed by atoms with Crippen molar-refractivity contribution in [1.82, 2.24) is 10.2 Å². The first kappa shape index (κ1) is 17.5. The molecule has 0 aliphatic rings. The van der Waals surface area contributed by atoms with Crippen LogP contribution in [0.4, 0.5) is 10.5 Å². The summed E-state index contributed by atoms with van der Waals surface area (Å²) in [7, 11) is 1.76. The lowest BCUT2D eigenvalue weighted by Crippen LogP contribution is -2.34. The predicted molar refractivity (Wildman–Crippen MR) is 86.7 cm³/mol. The van der Waals surface area contributed by atoms with Crippen molar-refractivity contribution in [3.63, 3.8) is 0 Å². The van der Waals surface area contributed by atoms with Crippen LogP contribution in [0.5, 0.6) is 0 Å². The van der Waals surface area contributed by atoms with E-state index in [9.17, 15) is 4.79 Å². The van der Waals surface area contributed by atoms with Crippen molar-refractivity contribution < 1.29 is 9.53 Å². The summed E-state index contributed by atoms with van der Waals surface area (Å²) in [5.41, 5.74) is 2.01. The zero-order chi connectivity index (χ0) is 15.7. The third-order valence-electron chi connectivity index (χ3n) is 3.29. The first-order valence-electron chi connectivity index (χ1n) is 7.51. The standard InChI is InChI=1S/C16H27N3O2/c1-5-17-13(3)14-7-9-15(10-8-14)18-16(20)19(4)11-12-21-6-2/h7-10,13,17H,5-6,11-12H2,1-4H3,(H,18,20). The smallest absolute Gasteiger partial charge is 0.321 e. The minimum absolute atomic E-state index is 0.123. The molecule has 1 atom stereocenters. The van der Waals surface area contributed by atoms with Gasteiger partial charge in [-0.05, 0) is 38.1 Å². The summed E-state index contributed by atoms with van der Waals surface area (Å²) in [5, 5.41) is 6.24. The molecule has 1 rings (SSSR count). The molecule has 0 bridgehead atoms. The molecule has 0 spiro atoms. The lowest BCUT2D eigenvalue weighted by atomic mass is 10.1. The van der Waals surface area contributed by atoms with Gasteiger partial charge in [0.05, 0.1) is 6.61 Å². The Bertz CT molecular complexity index is 420. The zero-order valence-electron chi connectivity index (χ0n) is 13.5. The molecule has 1 aromatic carbocycles. The summed E-state index contributed by atoms with van der Waals surface area (Å²) in [6.45, 7) is 8.89. The Balaban J connectivity index is 2.49. The highest BCUT2D eigenvalue weighted by Crippen LogP contribution is 2.16. The maximum atomic E-state index is 12.0. The molecule has 118 valence electrons. The van der Waals surface area contributed by atoms with Crippen LogP contribution in [0, 0.1) is 0 Å². The molecule has 0 saturated carbocycles. The molecule has 5 heteroatoms. The van der Waals surface area contributed by atoms with E-state index < -0.39 is 0 Å². The number of hydrogen-bond acceptors (Lipinski definition) is 3. The Morgan fingerprint density at radius 3 is 2.52 bits per heavy atom. The number of likely N-dealkylation sites (N-methyl/N-ethyl adjacent to an activating group) is 1. The van der Waals surface area contributed by atoms with Gasteiger partial charge in [0.1, 0.15) is 0 Å². The number of nitrogens with zero attached hydrogens (tertiary/aromatic N) is 1. The van der Waals surface area contributed by atoms with E-state index in [2.05, 4.69) is 24.5 Å². The van der Waals surface area contributed by atoms with Gasteiger partial charge in [-0.15, -0.1) is 0 Å². The van der Waals surface area contributed by atoms with E-state index in [-0.39, 0.29) is 6.03 Å². The number of urea groups is 1. The molecule has 2 amide bonds. The monoisotopic (exact) mass is 293 g/mol. The third kappa shape index (κ3) is 6.14. The number of carbonyl (C=O) groups is 1. The average molecular weight is 293 g/mol. The summed E-state index contributed by atoms with van der Waals surface area (Å²) in [6.07, 6.45) is 0. The molecule has 1 unspecified atom stereocenters. The van der Waals surface area contributed by atoms with Gasteiger partial charge in [0, 0.05) is 31.9 Å². The van der Waals surface area contributed by atoms with E-state index in [4.69, 9.17) is 4.74 Å². The van der Waals surface area contributed by atoms with Gasteiger partial charge in [-0.25, -0.2) is 4.79 Å². The summed E-state index contributed by atoms with van der Waals surface area (Å²) in [5.74, 6) is 0. The van der Waals surface area contributed by atoms with Crippen LogP contribution in [-0.2, 0) is 4.74 Å². The van der Waals surface area contributed by atoms with Crippen LogP contribution in [0.3, 0.4) is 0 Å². The summed E-state index contributed by atoms with van der Waals surface area (Å²) in [6, 6.07) is 8.11. The van der Waals surface area contributed by atoms with Gasteiger partial charge in [-0.2, -0.15) is 0 Å². The quantitative estimate of drug-likeness (QED) is 0.725. The van der Waals surface area contributed by atoms with E-state index in [1.165, 1.54) is 5.56 Å². The maximum absolute atomic E-state index is 12.0. The Labute approximate surface area is 127 Å². The fourth-order valence-corrected chi connectivity index (χ4v) is 1.95. The molecule has 0 radical (unpaired) electrons. The van der Waals surface area contributed by atoms with Crippen LogP contribution in [-0.4, -0.2) is 44.3 Å². The van der Waals surface area contributed by atoms with Crippen molar-refractivity contribution in [2.24, 2.45) is 0 Å². The summed E-state index contributed by atoms with van der Waals surface area (Å²) < 4.78 is 5.24. The van der Waals surface area contributed by atoms with Crippen LogP contribution in [0.25, 0.3) is 0 Å². The zero-order valence-corrected chi connectivity index (χ0v) is 13.5. The van der Waals surface area contributed by atoms with Gasteiger partial charge in [-0.3, -0.25) is 0 Å². The van der Waals surface area contributed by atoms with Crippen molar-refractivity contribution in [1.29, 1.82) is 0 Å². The molecule has 0 aromatic heterocycles. The Morgan fingerprint density at radius 1 is 1.29 bits per heavy atom. The lowest BCUT2D eigenvalue weighted by molar-refractivity contribution is 0.128. The topological polar surface area (TPSA) is 53.6 Å². The first-order valence-corrected chi connectivity index (χ1v) is 7.51. The van der Waals surface area contributed by atoms with Crippen molar-refractivity contribution in [2.45, 2.75) is 26.8 Å². The van der Waals surface area contributed by atoms with Gasteiger partial charge in [0.2, 0.25) is 0 Å². The van der Waals surface area contributed by atoms with E-state index in [1.807, 2.05) is 31.2 Å². The predicted octanol–water partition coefficient (Wildman–Crippen LogP) is 2.86. The Morgan fingerprint density at radius 2 is 1.95 bits per heavy atom. The fourth-order valence-electron chi connectivity index (χ4n) is 1.95. The van der Waals surface area contributed by atoms with Gasteiger partial charge in [-0.1, -0.05) is 19.1 Å². The van der Waals surface area contributed by atoms with Crippen molar-refractivity contribution >= 4 is 11.7 Å². The van der Waals surface area contributed by atoms with Crippen molar-refractivity contribution in [2.75, 3.05) is 38.7 Å². The number of benzene rings is 1. The van der Waals surface area contributed by atoms with Gasteiger partial charge >= 0.3 is 6.03 Å². The second-order valence-corrected chi connectivity index (χ2v) is 4.95. The number of ether oxygens (including phenoxy) is 1. The molecule has 2 N–H and O–H groups in total. The van der Waals surface area contributed by atoms with Gasteiger partial charge in [0.25, 0.3) is 0 Å². The first-order chi connectivity index (χ1) is 10.1. The van der Waals surface area contributed by atoms with E-state index in [1.54, 1.807) is 11.9 Å². The average Bonchev–Trinajstić information content (AvgIpc) is 2.48. The summed E-state index contributed by atoms with van der Waals surface area (Å²) >= 11 is 0. The highest BCUT2D eigenvalue weighted by atomic mass is 16.5. The molecule has 0 aliphatic heterocycles. The second-order valence-electron chi connectivity index (χ2n) is 4.95. The molecule has 5 nitrogen and oxygen atoms in total. The molecule has 0 saturated heterocycles. The highest BCUT2D eigenvalue weighted by molar-refractivity contribution is 5.89. The van der Waals surface area contributed by atoms with E-state index >= 15 is 0 Å². The van der Waals surface area contributed by atoms with Crippen LogP contribution in [0.15, 0.2) is 24.3 Å². The number of carbonyl (C=O) groups excluding carboxylic acids is 1. The number of amides is 2. The second kappa shape index (κ2) is 9.37. The minimum Gasteiger partial charge on any atom is -0.380 e. The van der Waals surface area contributed by atoms with Crippen molar-refractivity contribution in [3.8, 4) is 0 Å². The molecule has 21 heavy (non-hydrogen) atoms. The molecule has 0 aliphatic carbocycles. The van der Waals surface area contributed by atoms with Crippen LogP contribution >= 0.6 is 0 Å².